The van der Waals surface area contributed by atoms with Crippen molar-refractivity contribution in [1.29, 1.82) is 0 Å². The van der Waals surface area contributed by atoms with Gasteiger partial charge in [-0.3, -0.25) is 19.8 Å². The molecular formula is C23H25N3O2S. The number of nitrogens with zero attached hydrogens (tertiary/aromatic N) is 2. The minimum atomic E-state index is -0.449. The number of hydrogen-bond acceptors (Lipinski definition) is 3. The molecule has 1 aliphatic heterocycles. The molecule has 1 saturated carbocycles. The Balaban J connectivity index is 1.73. The van der Waals surface area contributed by atoms with Gasteiger partial charge >= 0.3 is 0 Å². The zero-order chi connectivity index (χ0) is 20.7. The van der Waals surface area contributed by atoms with Crippen LogP contribution in [0.3, 0.4) is 0 Å². The van der Waals surface area contributed by atoms with E-state index in [0.29, 0.717) is 11.7 Å². The van der Waals surface area contributed by atoms with E-state index in [-0.39, 0.29) is 10.7 Å². The molecule has 0 unspecified atom stereocenters. The van der Waals surface area contributed by atoms with Gasteiger partial charge in [-0.25, -0.2) is 0 Å². The number of anilines is 1. The molecule has 2 aliphatic rings. The third-order valence-corrected chi connectivity index (χ3v) is 6.16. The summed E-state index contributed by atoms with van der Waals surface area (Å²) in [7, 11) is 0. The van der Waals surface area contributed by atoms with Crippen molar-refractivity contribution in [3.05, 3.63) is 58.4 Å². The second kappa shape index (κ2) is 7.59. The van der Waals surface area contributed by atoms with E-state index in [1.165, 1.54) is 30.6 Å². The van der Waals surface area contributed by atoms with E-state index >= 15 is 0 Å². The molecule has 150 valence electrons. The normalized spacial score (nSPS) is 19.3. The Hall–Kier alpha value is -2.73. The van der Waals surface area contributed by atoms with Crippen LogP contribution in [0, 0.1) is 20.8 Å². The monoisotopic (exact) mass is 407 g/mol. The summed E-state index contributed by atoms with van der Waals surface area (Å²) in [4.78, 5) is 27.2. The average molecular weight is 408 g/mol. The summed E-state index contributed by atoms with van der Waals surface area (Å²) in [5.41, 5.74) is 4.94. The summed E-state index contributed by atoms with van der Waals surface area (Å²) in [6.45, 7) is 6.10. The van der Waals surface area contributed by atoms with Gasteiger partial charge in [-0.2, -0.15) is 0 Å². The third kappa shape index (κ3) is 3.53. The molecule has 1 aromatic heterocycles. The molecule has 1 aliphatic carbocycles. The first kappa shape index (κ1) is 19.6. The quantitative estimate of drug-likeness (QED) is 0.467. The Morgan fingerprint density at radius 3 is 2.52 bits per heavy atom. The van der Waals surface area contributed by atoms with Crippen LogP contribution >= 0.6 is 12.2 Å². The number of hydrogen-bond donors (Lipinski definition) is 1. The van der Waals surface area contributed by atoms with Crippen LogP contribution in [0.25, 0.3) is 6.08 Å². The van der Waals surface area contributed by atoms with Crippen LogP contribution < -0.4 is 10.2 Å². The lowest BCUT2D eigenvalue weighted by Crippen LogP contribution is -2.54. The summed E-state index contributed by atoms with van der Waals surface area (Å²) < 4.78 is 2.35. The maximum absolute atomic E-state index is 13.2. The Bertz CT molecular complexity index is 1040. The van der Waals surface area contributed by atoms with E-state index in [1.54, 1.807) is 6.08 Å². The number of amides is 2. The molecule has 2 aromatic rings. The van der Waals surface area contributed by atoms with Crippen LogP contribution in [-0.2, 0) is 9.59 Å². The van der Waals surface area contributed by atoms with Gasteiger partial charge in [0.2, 0.25) is 0 Å². The first-order chi connectivity index (χ1) is 13.9. The molecule has 29 heavy (non-hydrogen) atoms. The number of thiocarbonyl (C=S) groups is 1. The molecule has 2 fully saturated rings. The largest absolute Gasteiger partial charge is 0.346 e. The highest BCUT2D eigenvalue weighted by Gasteiger charge is 2.35. The maximum atomic E-state index is 13.2. The standard InChI is InChI=1S/C23H25N3O2S/c1-14-7-6-10-19(11-14)26-22(28)20(21(27)24-23(26)29)13-17-12-15(2)25(16(17)3)18-8-4-5-9-18/h6-7,10-13,18H,4-5,8-9H2,1-3H3,(H,24,27,29). The predicted octanol–water partition coefficient (Wildman–Crippen LogP) is 4.36. The Labute approximate surface area is 176 Å². The summed E-state index contributed by atoms with van der Waals surface area (Å²) in [6.07, 6.45) is 6.57. The van der Waals surface area contributed by atoms with Gasteiger partial charge in [-0.05, 0) is 81.2 Å². The van der Waals surface area contributed by atoms with Crippen LogP contribution in [0.5, 0.6) is 0 Å². The highest BCUT2D eigenvalue weighted by Crippen LogP contribution is 2.34. The van der Waals surface area contributed by atoms with Gasteiger partial charge in [0.25, 0.3) is 11.8 Å². The number of carbonyl (C=O) groups excluding carboxylic acids is 2. The molecule has 1 saturated heterocycles. The number of nitrogens with one attached hydrogen (secondary N) is 1. The number of benzene rings is 1. The first-order valence-corrected chi connectivity index (χ1v) is 10.4. The van der Waals surface area contributed by atoms with Gasteiger partial charge in [0, 0.05) is 17.4 Å². The van der Waals surface area contributed by atoms with Crippen molar-refractivity contribution in [3.63, 3.8) is 0 Å². The van der Waals surface area contributed by atoms with Gasteiger partial charge in [0.15, 0.2) is 5.11 Å². The number of aryl methyl sites for hydroxylation is 2. The average Bonchev–Trinajstić information content (AvgIpc) is 3.26. The molecule has 1 N–H and O–H groups in total. The van der Waals surface area contributed by atoms with Gasteiger partial charge in [0.05, 0.1) is 5.69 Å². The van der Waals surface area contributed by atoms with Crippen LogP contribution in [0.2, 0.25) is 0 Å². The van der Waals surface area contributed by atoms with Crippen molar-refractivity contribution in [2.45, 2.75) is 52.5 Å². The van der Waals surface area contributed by atoms with E-state index < -0.39 is 11.8 Å². The number of rotatable bonds is 3. The van der Waals surface area contributed by atoms with E-state index in [2.05, 4.69) is 29.8 Å². The SMILES string of the molecule is Cc1cccc(N2C(=O)C(=Cc3cc(C)n(C4CCCC4)c3C)C(=O)NC2=S)c1. The highest BCUT2D eigenvalue weighted by molar-refractivity contribution is 7.80. The first-order valence-electron chi connectivity index (χ1n) is 10.0. The van der Waals surface area contributed by atoms with Crippen LogP contribution in [0.15, 0.2) is 35.9 Å². The Kier molecular flexibility index (Phi) is 5.13. The maximum Gasteiger partial charge on any atom is 0.270 e. The van der Waals surface area contributed by atoms with Gasteiger partial charge in [0.1, 0.15) is 5.57 Å². The van der Waals surface area contributed by atoms with E-state index in [9.17, 15) is 9.59 Å². The Morgan fingerprint density at radius 2 is 1.83 bits per heavy atom. The van der Waals surface area contributed by atoms with Crippen molar-refractivity contribution in [2.24, 2.45) is 0 Å². The molecule has 0 radical (unpaired) electrons. The summed E-state index contributed by atoms with van der Waals surface area (Å²) in [6, 6.07) is 10.1. The van der Waals surface area contributed by atoms with Crippen molar-refractivity contribution < 1.29 is 9.59 Å². The molecule has 0 spiro atoms. The van der Waals surface area contributed by atoms with Gasteiger partial charge in [-0.15, -0.1) is 0 Å². The highest BCUT2D eigenvalue weighted by atomic mass is 32.1. The van der Waals surface area contributed by atoms with Gasteiger partial charge in [-0.1, -0.05) is 25.0 Å². The molecular weight excluding hydrogens is 382 g/mol. The molecule has 2 heterocycles. The van der Waals surface area contributed by atoms with E-state index in [1.807, 2.05) is 31.2 Å². The lowest BCUT2D eigenvalue weighted by atomic mass is 10.1. The minimum Gasteiger partial charge on any atom is -0.346 e. The summed E-state index contributed by atoms with van der Waals surface area (Å²) in [5, 5.41) is 2.78. The smallest absolute Gasteiger partial charge is 0.270 e. The molecule has 2 amide bonds. The van der Waals surface area contributed by atoms with E-state index in [0.717, 1.165) is 22.5 Å². The molecule has 1 aromatic carbocycles. The molecule has 4 rings (SSSR count). The Morgan fingerprint density at radius 1 is 1.10 bits per heavy atom. The second-order valence-corrected chi connectivity index (χ2v) is 8.32. The topological polar surface area (TPSA) is 54.3 Å². The fourth-order valence-electron chi connectivity index (χ4n) is 4.49. The lowest BCUT2D eigenvalue weighted by molar-refractivity contribution is -0.122. The van der Waals surface area contributed by atoms with Crippen molar-refractivity contribution >= 4 is 40.9 Å². The fourth-order valence-corrected chi connectivity index (χ4v) is 4.77. The van der Waals surface area contributed by atoms with Crippen molar-refractivity contribution in [3.8, 4) is 0 Å². The summed E-state index contributed by atoms with van der Waals surface area (Å²) >= 11 is 5.29. The van der Waals surface area contributed by atoms with Crippen molar-refractivity contribution in [1.82, 2.24) is 9.88 Å². The fraction of sp³-hybridized carbons (Fsp3) is 0.348. The van der Waals surface area contributed by atoms with Gasteiger partial charge < -0.3 is 4.57 Å². The van der Waals surface area contributed by atoms with Crippen LogP contribution in [0.1, 0.15) is 54.2 Å². The molecule has 0 bridgehead atoms. The van der Waals surface area contributed by atoms with E-state index in [4.69, 9.17) is 12.2 Å². The minimum absolute atomic E-state index is 0.103. The molecule has 6 heteroatoms. The van der Waals surface area contributed by atoms with Crippen LogP contribution in [0.4, 0.5) is 5.69 Å². The predicted molar refractivity (Wildman–Crippen MR) is 119 cm³/mol. The molecule has 5 nitrogen and oxygen atoms in total. The van der Waals surface area contributed by atoms with Crippen molar-refractivity contribution in [2.75, 3.05) is 4.90 Å². The second-order valence-electron chi connectivity index (χ2n) is 7.93. The number of aromatic nitrogens is 1. The summed E-state index contributed by atoms with van der Waals surface area (Å²) in [5.74, 6) is -0.843. The van der Waals surface area contributed by atoms with Crippen LogP contribution in [-0.4, -0.2) is 21.5 Å². The number of carbonyl (C=O) groups is 2. The third-order valence-electron chi connectivity index (χ3n) is 5.87. The molecule has 0 atom stereocenters. The zero-order valence-corrected chi connectivity index (χ0v) is 17.8. The lowest BCUT2D eigenvalue weighted by Gasteiger charge is -2.29. The zero-order valence-electron chi connectivity index (χ0n) is 17.0.